The van der Waals surface area contributed by atoms with Gasteiger partial charge in [-0.3, -0.25) is 19.3 Å². The summed E-state index contributed by atoms with van der Waals surface area (Å²) in [5.74, 6) is -8.18. The van der Waals surface area contributed by atoms with E-state index in [1.165, 1.54) is 25.1 Å². The molecule has 210 valence electrons. The highest BCUT2D eigenvalue weighted by Crippen LogP contribution is 2.53. The molecule has 0 radical (unpaired) electrons. The summed E-state index contributed by atoms with van der Waals surface area (Å²) in [5, 5.41) is 47.9. The van der Waals surface area contributed by atoms with E-state index in [0.717, 1.165) is 25.7 Å². The molecule has 11 heteroatoms. The molecule has 5 rings (SSSR count). The largest absolute Gasteiger partial charge is 0.508 e. The van der Waals surface area contributed by atoms with Crippen LogP contribution in [0.5, 0.6) is 5.75 Å². The fraction of sp³-hybridized carbons (Fsp3) is 0.536. The molecule has 0 heterocycles. The Bertz CT molecular complexity index is 1360. The molecule has 4 aliphatic rings. The number of benzene rings is 1. The number of ketones is 2. The Balaban J connectivity index is 1.61. The highest BCUT2D eigenvalue weighted by atomic mass is 19.1. The van der Waals surface area contributed by atoms with E-state index in [1.54, 1.807) is 0 Å². The van der Waals surface area contributed by atoms with E-state index in [4.69, 9.17) is 5.73 Å². The normalized spacial score (nSPS) is 29.9. The van der Waals surface area contributed by atoms with Gasteiger partial charge in [-0.05, 0) is 58.7 Å². The lowest BCUT2D eigenvalue weighted by Gasteiger charge is -2.50. The standard InChI is InChI=1S/C28H34FN3O7/c1-27(6-4-5-7-27)31-11-13-10-16(33)18-14(20(13)29)8-12-9-15-21(32(2)3)23(35)19(26(30)38)25(37)28(15,39)24(36)17(12)22(18)34/h10,12,15,21,31,33-34,37,39H,4-9,11H2,1-3H3,(H2,30,38)/t12-,15-,21-,28-/m0/s1. The van der Waals surface area contributed by atoms with Crippen LogP contribution in [0, 0.1) is 17.7 Å². The molecule has 10 nitrogen and oxygen atoms in total. The topological polar surface area (TPSA) is 173 Å². The van der Waals surface area contributed by atoms with Gasteiger partial charge in [-0.2, -0.15) is 0 Å². The minimum atomic E-state index is -2.72. The van der Waals surface area contributed by atoms with E-state index in [9.17, 15) is 34.8 Å². The van der Waals surface area contributed by atoms with Crippen LogP contribution in [0.1, 0.15) is 55.7 Å². The first-order chi connectivity index (χ1) is 18.2. The van der Waals surface area contributed by atoms with Crippen LogP contribution in [-0.2, 0) is 27.3 Å². The highest BCUT2D eigenvalue weighted by Gasteiger charge is 2.64. The van der Waals surface area contributed by atoms with E-state index >= 15 is 4.39 Å². The molecule has 2 fully saturated rings. The maximum Gasteiger partial charge on any atom is 0.255 e. The fourth-order valence-electron chi connectivity index (χ4n) is 7.12. The lowest BCUT2D eigenvalue weighted by molar-refractivity contribution is -0.153. The van der Waals surface area contributed by atoms with E-state index in [-0.39, 0.29) is 47.2 Å². The number of aliphatic hydroxyl groups excluding tert-OH is 2. The van der Waals surface area contributed by atoms with Gasteiger partial charge >= 0.3 is 0 Å². The van der Waals surface area contributed by atoms with Gasteiger partial charge in [-0.15, -0.1) is 0 Å². The number of nitrogens with zero attached hydrogens (tertiary/aromatic N) is 1. The Labute approximate surface area is 225 Å². The van der Waals surface area contributed by atoms with Gasteiger partial charge in [0.25, 0.3) is 5.91 Å². The lowest BCUT2D eigenvalue weighted by Crippen LogP contribution is -2.65. The number of halogens is 1. The number of amides is 1. The predicted molar refractivity (Wildman–Crippen MR) is 138 cm³/mol. The Morgan fingerprint density at radius 3 is 2.44 bits per heavy atom. The number of hydrogen-bond acceptors (Lipinski definition) is 9. The summed E-state index contributed by atoms with van der Waals surface area (Å²) in [5.41, 5.74) is 1.29. The maximum absolute atomic E-state index is 15.9. The number of Topliss-reactive ketones (excluding diaryl/α,β-unsaturated/α-hetero) is 2. The zero-order chi connectivity index (χ0) is 28.6. The van der Waals surface area contributed by atoms with Crippen LogP contribution in [-0.4, -0.2) is 74.1 Å². The number of hydrogen-bond donors (Lipinski definition) is 6. The number of primary amides is 1. The number of nitrogens with one attached hydrogen (secondary N) is 1. The fourth-order valence-corrected chi connectivity index (χ4v) is 7.12. The number of aliphatic hydroxyl groups is 3. The summed E-state index contributed by atoms with van der Waals surface area (Å²) in [6, 6.07) is 0.0223. The second-order valence-corrected chi connectivity index (χ2v) is 11.8. The molecule has 0 spiro atoms. The van der Waals surface area contributed by atoms with Gasteiger partial charge in [0.1, 0.15) is 28.7 Å². The predicted octanol–water partition coefficient (Wildman–Crippen LogP) is 1.53. The van der Waals surface area contributed by atoms with Crippen LogP contribution < -0.4 is 11.1 Å². The number of aromatic hydroxyl groups is 1. The highest BCUT2D eigenvalue weighted by molar-refractivity contribution is 6.24. The molecular weight excluding hydrogens is 509 g/mol. The number of carbonyl (C=O) groups excluding carboxylic acids is 3. The smallest absolute Gasteiger partial charge is 0.255 e. The van der Waals surface area contributed by atoms with Crippen LogP contribution in [0.2, 0.25) is 0 Å². The third-order valence-corrected chi connectivity index (χ3v) is 9.14. The van der Waals surface area contributed by atoms with E-state index in [0.29, 0.717) is 0 Å². The first-order valence-electron chi connectivity index (χ1n) is 13.2. The second-order valence-electron chi connectivity index (χ2n) is 11.8. The van der Waals surface area contributed by atoms with E-state index < -0.39 is 69.6 Å². The first-order valence-corrected chi connectivity index (χ1v) is 13.2. The lowest BCUT2D eigenvalue weighted by atomic mass is 9.57. The van der Waals surface area contributed by atoms with Gasteiger partial charge in [0.2, 0.25) is 5.78 Å². The number of phenolic OH excluding ortho intramolecular Hbond substituents is 1. The maximum atomic E-state index is 15.9. The number of fused-ring (bicyclic) bond motifs is 3. The zero-order valence-corrected chi connectivity index (χ0v) is 22.2. The second kappa shape index (κ2) is 9.14. The summed E-state index contributed by atoms with van der Waals surface area (Å²) in [4.78, 5) is 40.4. The van der Waals surface area contributed by atoms with Crippen molar-refractivity contribution >= 4 is 23.2 Å². The quantitative estimate of drug-likeness (QED) is 0.301. The monoisotopic (exact) mass is 543 g/mol. The van der Waals surface area contributed by atoms with Crippen molar-refractivity contribution in [2.75, 3.05) is 14.1 Å². The Kier molecular flexibility index (Phi) is 6.40. The van der Waals surface area contributed by atoms with Gasteiger partial charge in [0.15, 0.2) is 11.4 Å². The molecule has 0 aromatic heterocycles. The van der Waals surface area contributed by atoms with Gasteiger partial charge in [0, 0.05) is 34.7 Å². The van der Waals surface area contributed by atoms with Crippen molar-refractivity contribution in [3.8, 4) is 5.75 Å². The molecule has 4 aliphatic carbocycles. The van der Waals surface area contributed by atoms with Crippen LogP contribution in [0.25, 0.3) is 5.76 Å². The number of rotatable bonds is 5. The molecule has 39 heavy (non-hydrogen) atoms. The molecule has 1 aromatic rings. The first kappa shape index (κ1) is 27.3. The summed E-state index contributed by atoms with van der Waals surface area (Å²) < 4.78 is 15.9. The van der Waals surface area contributed by atoms with Gasteiger partial charge in [0.05, 0.1) is 11.6 Å². The SMILES string of the molecule is CN(C)[C@@H]1C(=O)C(C(N)=O)=C(O)[C@@]2(O)C(=O)C3=C(O)c4c(O)cc(CNC5(C)CCCC5)c(F)c4C[C@H]3C[C@@H]12. The van der Waals surface area contributed by atoms with Crippen LogP contribution in [0.15, 0.2) is 23.0 Å². The van der Waals surface area contributed by atoms with Crippen molar-refractivity contribution in [1.82, 2.24) is 10.2 Å². The van der Waals surface area contributed by atoms with Gasteiger partial charge in [-0.25, -0.2) is 4.39 Å². The molecule has 1 aromatic carbocycles. The minimum Gasteiger partial charge on any atom is -0.508 e. The number of carbonyl (C=O) groups is 3. The third kappa shape index (κ3) is 3.89. The Morgan fingerprint density at radius 2 is 1.85 bits per heavy atom. The Morgan fingerprint density at radius 1 is 1.21 bits per heavy atom. The van der Waals surface area contributed by atoms with Crippen molar-refractivity contribution in [3.63, 3.8) is 0 Å². The van der Waals surface area contributed by atoms with Crippen molar-refractivity contribution in [2.45, 2.75) is 69.2 Å². The van der Waals surface area contributed by atoms with Crippen LogP contribution in [0.3, 0.4) is 0 Å². The van der Waals surface area contributed by atoms with Crippen molar-refractivity contribution in [3.05, 3.63) is 45.5 Å². The van der Waals surface area contributed by atoms with E-state index in [2.05, 4.69) is 12.2 Å². The molecule has 7 N–H and O–H groups in total. The zero-order valence-electron chi connectivity index (χ0n) is 22.2. The minimum absolute atomic E-state index is 0.0361. The van der Waals surface area contributed by atoms with Crippen molar-refractivity contribution < 1.29 is 39.2 Å². The molecule has 2 saturated carbocycles. The summed E-state index contributed by atoms with van der Waals surface area (Å²) in [7, 11) is 3.05. The Hall–Kier alpha value is -3.28. The van der Waals surface area contributed by atoms with Crippen LogP contribution >= 0.6 is 0 Å². The third-order valence-electron chi connectivity index (χ3n) is 9.14. The summed E-state index contributed by atoms with van der Waals surface area (Å²) in [6.07, 6.45) is 3.89. The molecule has 0 aliphatic heterocycles. The molecule has 0 bridgehead atoms. The van der Waals surface area contributed by atoms with Gasteiger partial charge in [-0.1, -0.05) is 12.8 Å². The average Bonchev–Trinajstić information content (AvgIpc) is 3.28. The molecule has 0 unspecified atom stereocenters. The van der Waals surface area contributed by atoms with Crippen molar-refractivity contribution in [1.29, 1.82) is 0 Å². The number of likely N-dealkylation sites (N-methyl/N-ethyl adjacent to an activating group) is 1. The summed E-state index contributed by atoms with van der Waals surface area (Å²) >= 11 is 0. The van der Waals surface area contributed by atoms with E-state index in [1.807, 2.05) is 0 Å². The van der Waals surface area contributed by atoms with Crippen LogP contribution in [0.4, 0.5) is 4.39 Å². The molecular formula is C28H34FN3O7. The number of phenols is 1. The average molecular weight is 544 g/mol. The van der Waals surface area contributed by atoms with Gasteiger partial charge < -0.3 is 31.5 Å². The van der Waals surface area contributed by atoms with Crippen molar-refractivity contribution in [2.24, 2.45) is 17.6 Å². The molecule has 0 saturated heterocycles. The molecule has 1 amide bonds. The molecule has 4 atom stereocenters. The number of nitrogens with two attached hydrogens (primary N) is 1. The summed E-state index contributed by atoms with van der Waals surface area (Å²) in [6.45, 7) is 2.24.